The first-order chi connectivity index (χ1) is 13.1. The van der Waals surface area contributed by atoms with Crippen molar-refractivity contribution in [2.75, 3.05) is 11.9 Å². The maximum Gasteiger partial charge on any atom is 0.201 e. The number of hydrogen-bond donors (Lipinski definition) is 1. The van der Waals surface area contributed by atoms with Gasteiger partial charge in [-0.2, -0.15) is 5.26 Å². The minimum Gasteiger partial charge on any atom is -0.356 e. The molecule has 4 rings (SSSR count). The normalized spacial score (nSPS) is 27.1. The number of ketones is 2. The van der Waals surface area contributed by atoms with E-state index in [9.17, 15) is 9.59 Å². The van der Waals surface area contributed by atoms with Crippen molar-refractivity contribution >= 4 is 28.4 Å². The lowest BCUT2D eigenvalue weighted by Crippen LogP contribution is -2.44. The van der Waals surface area contributed by atoms with E-state index in [4.69, 9.17) is 5.26 Å². The topological polar surface area (TPSA) is 103 Å². The molecule has 2 heterocycles. The van der Waals surface area contributed by atoms with Crippen molar-refractivity contribution in [1.82, 2.24) is 15.0 Å². The third-order valence-electron chi connectivity index (χ3n) is 6.16. The highest BCUT2D eigenvalue weighted by Crippen LogP contribution is 2.38. The van der Waals surface area contributed by atoms with Crippen molar-refractivity contribution in [2.24, 2.45) is 17.8 Å². The molecule has 2 aliphatic rings. The summed E-state index contributed by atoms with van der Waals surface area (Å²) >= 11 is 0. The molecule has 2 aromatic heterocycles. The number of aromatic amines is 1. The van der Waals surface area contributed by atoms with Gasteiger partial charge in [0.1, 0.15) is 17.8 Å². The van der Waals surface area contributed by atoms with E-state index in [1.807, 2.05) is 19.3 Å². The van der Waals surface area contributed by atoms with Gasteiger partial charge in [0.25, 0.3) is 0 Å². The molecule has 0 bridgehead atoms. The average Bonchev–Trinajstić information content (AvgIpc) is 3.31. The zero-order valence-electron chi connectivity index (χ0n) is 15.4. The van der Waals surface area contributed by atoms with Gasteiger partial charge in [0.15, 0.2) is 5.78 Å². The highest BCUT2D eigenvalue weighted by atomic mass is 16.2. The molecule has 0 saturated heterocycles. The molecule has 2 aliphatic carbocycles. The van der Waals surface area contributed by atoms with E-state index >= 15 is 0 Å². The lowest BCUT2D eigenvalue weighted by atomic mass is 9.75. The van der Waals surface area contributed by atoms with Gasteiger partial charge in [-0.25, -0.2) is 9.97 Å². The molecule has 2 fully saturated rings. The molecule has 0 amide bonds. The van der Waals surface area contributed by atoms with Crippen LogP contribution in [0.25, 0.3) is 11.0 Å². The maximum atomic E-state index is 12.3. The Labute approximate surface area is 157 Å². The first-order valence-electron chi connectivity index (χ1n) is 9.54. The minimum atomic E-state index is -0.255. The van der Waals surface area contributed by atoms with Gasteiger partial charge < -0.3 is 9.88 Å². The smallest absolute Gasteiger partial charge is 0.201 e. The number of hydrogen-bond acceptors (Lipinski definition) is 6. The number of anilines is 1. The molecule has 2 aromatic rings. The van der Waals surface area contributed by atoms with Gasteiger partial charge in [0.2, 0.25) is 5.78 Å². The van der Waals surface area contributed by atoms with Crippen LogP contribution < -0.4 is 4.90 Å². The first-order valence-corrected chi connectivity index (χ1v) is 9.54. The molecule has 2 atom stereocenters. The van der Waals surface area contributed by atoms with Crippen LogP contribution in [0.2, 0.25) is 0 Å². The van der Waals surface area contributed by atoms with Gasteiger partial charge in [0, 0.05) is 37.5 Å². The molecular formula is C20H23N5O2. The summed E-state index contributed by atoms with van der Waals surface area (Å²) in [6, 6.07) is 4.50. The number of carbonyl (C=O) groups is 2. The Hall–Kier alpha value is -2.75. The molecular weight excluding hydrogens is 342 g/mol. The Morgan fingerprint density at radius 2 is 2.11 bits per heavy atom. The van der Waals surface area contributed by atoms with Crippen LogP contribution in [-0.4, -0.2) is 39.6 Å². The van der Waals surface area contributed by atoms with Crippen molar-refractivity contribution < 1.29 is 9.59 Å². The van der Waals surface area contributed by atoms with E-state index in [0.29, 0.717) is 25.3 Å². The number of nitrogens with one attached hydrogen (secondary N) is 1. The van der Waals surface area contributed by atoms with E-state index < -0.39 is 0 Å². The van der Waals surface area contributed by atoms with E-state index in [1.54, 1.807) is 6.33 Å². The molecule has 27 heavy (non-hydrogen) atoms. The van der Waals surface area contributed by atoms with Crippen molar-refractivity contribution in [2.45, 2.75) is 44.6 Å². The zero-order chi connectivity index (χ0) is 19.0. The Bertz CT molecular complexity index is 908. The van der Waals surface area contributed by atoms with Crippen LogP contribution in [0.3, 0.4) is 0 Å². The van der Waals surface area contributed by atoms with E-state index in [0.717, 1.165) is 36.1 Å². The number of H-pyrrole nitrogens is 1. The lowest BCUT2D eigenvalue weighted by molar-refractivity contribution is -0.139. The number of nitriles is 1. The SMILES string of the molecule is CN(c1ncnc2[nH]ccc12)C1CC(CC(=O)C(=O)C2CCC(C#N)C2)C1. The maximum absolute atomic E-state index is 12.3. The standard InChI is InChI=1S/C20H23N5O2/c1-25(20-16-4-5-22-19(16)23-11-24-20)15-7-13(8-15)9-17(26)18(27)14-3-2-12(6-14)10-21/h4-5,11-15H,2-3,6-9H2,1H3,(H,22,23,24). The van der Waals surface area contributed by atoms with Gasteiger partial charge >= 0.3 is 0 Å². The summed E-state index contributed by atoms with van der Waals surface area (Å²) < 4.78 is 0. The van der Waals surface area contributed by atoms with Crippen LogP contribution in [0.5, 0.6) is 0 Å². The zero-order valence-corrected chi connectivity index (χ0v) is 15.4. The minimum absolute atomic E-state index is 0.0633. The molecule has 7 heteroatoms. The molecule has 0 spiro atoms. The van der Waals surface area contributed by atoms with Crippen LogP contribution in [0.15, 0.2) is 18.6 Å². The molecule has 2 saturated carbocycles. The predicted molar refractivity (Wildman–Crippen MR) is 99.9 cm³/mol. The van der Waals surface area contributed by atoms with Crippen LogP contribution in [-0.2, 0) is 9.59 Å². The third-order valence-corrected chi connectivity index (χ3v) is 6.16. The van der Waals surface area contributed by atoms with E-state index in [1.165, 1.54) is 0 Å². The van der Waals surface area contributed by atoms with Gasteiger partial charge in [-0.05, 0) is 44.1 Å². The monoisotopic (exact) mass is 365 g/mol. The number of nitrogens with zero attached hydrogens (tertiary/aromatic N) is 4. The van der Waals surface area contributed by atoms with Crippen molar-refractivity contribution in [3.63, 3.8) is 0 Å². The molecule has 0 aliphatic heterocycles. The fourth-order valence-electron chi connectivity index (χ4n) is 4.42. The second kappa shape index (κ2) is 7.10. The van der Waals surface area contributed by atoms with Crippen molar-refractivity contribution in [1.29, 1.82) is 5.26 Å². The van der Waals surface area contributed by atoms with E-state index in [-0.39, 0.29) is 29.3 Å². The Morgan fingerprint density at radius 3 is 2.85 bits per heavy atom. The summed E-state index contributed by atoms with van der Waals surface area (Å²) in [5, 5.41) is 9.95. The summed E-state index contributed by atoms with van der Waals surface area (Å²) in [5.74, 6) is 0.343. The van der Waals surface area contributed by atoms with Gasteiger partial charge in [-0.15, -0.1) is 0 Å². The highest BCUT2D eigenvalue weighted by molar-refractivity contribution is 6.38. The lowest BCUT2D eigenvalue weighted by Gasteiger charge is -2.41. The highest BCUT2D eigenvalue weighted by Gasteiger charge is 2.38. The second-order valence-electron chi connectivity index (χ2n) is 7.87. The molecule has 7 nitrogen and oxygen atoms in total. The van der Waals surface area contributed by atoms with Gasteiger partial charge in [-0.1, -0.05) is 0 Å². The number of Topliss-reactive ketones (excluding diaryl/α,β-unsaturated/α-hetero) is 2. The Kier molecular flexibility index (Phi) is 4.65. The van der Waals surface area contributed by atoms with Crippen LogP contribution in [0.1, 0.15) is 38.5 Å². The van der Waals surface area contributed by atoms with Gasteiger partial charge in [-0.3, -0.25) is 9.59 Å². The van der Waals surface area contributed by atoms with Crippen molar-refractivity contribution in [3.05, 3.63) is 18.6 Å². The Morgan fingerprint density at radius 1 is 1.30 bits per heavy atom. The Balaban J connectivity index is 1.31. The quantitative estimate of drug-likeness (QED) is 0.790. The summed E-state index contributed by atoms with van der Waals surface area (Å²) in [5.41, 5.74) is 0.815. The second-order valence-corrected chi connectivity index (χ2v) is 7.87. The number of fused-ring (bicyclic) bond motifs is 1. The fraction of sp³-hybridized carbons (Fsp3) is 0.550. The molecule has 140 valence electrons. The van der Waals surface area contributed by atoms with Crippen LogP contribution in [0, 0.1) is 29.1 Å². The number of carbonyl (C=O) groups excluding carboxylic acids is 2. The van der Waals surface area contributed by atoms with Crippen LogP contribution in [0.4, 0.5) is 5.82 Å². The number of aromatic nitrogens is 3. The molecule has 0 aromatic carbocycles. The molecule has 2 unspecified atom stereocenters. The predicted octanol–water partition coefficient (Wildman–Crippen LogP) is 2.64. The summed E-state index contributed by atoms with van der Waals surface area (Å²) in [6.07, 6.45) is 7.48. The first kappa shape index (κ1) is 17.7. The third kappa shape index (κ3) is 3.32. The summed E-state index contributed by atoms with van der Waals surface area (Å²) in [4.78, 5) is 38.6. The van der Waals surface area contributed by atoms with Crippen LogP contribution >= 0.6 is 0 Å². The van der Waals surface area contributed by atoms with Crippen molar-refractivity contribution in [3.8, 4) is 6.07 Å². The summed E-state index contributed by atoms with van der Waals surface area (Å²) in [7, 11) is 2.02. The summed E-state index contributed by atoms with van der Waals surface area (Å²) in [6.45, 7) is 0. The average molecular weight is 365 g/mol. The molecule has 1 N–H and O–H groups in total. The van der Waals surface area contributed by atoms with E-state index in [2.05, 4.69) is 25.9 Å². The van der Waals surface area contributed by atoms with Gasteiger partial charge in [0.05, 0.1) is 11.5 Å². The molecule has 0 radical (unpaired) electrons. The largest absolute Gasteiger partial charge is 0.356 e. The number of rotatable bonds is 6. The fourth-order valence-corrected chi connectivity index (χ4v) is 4.42.